The number of rotatable bonds is 2. The Kier molecular flexibility index (Phi) is 2.89. The highest BCUT2D eigenvalue weighted by atomic mass is 16.2. The van der Waals surface area contributed by atoms with Crippen LogP contribution in [0, 0.1) is 23.7 Å². The molecule has 1 saturated carbocycles. The maximum Gasteiger partial charge on any atom is 0.223 e. The van der Waals surface area contributed by atoms with Crippen LogP contribution in [0.4, 0.5) is 0 Å². The van der Waals surface area contributed by atoms with Crippen LogP contribution >= 0.6 is 0 Å². The van der Waals surface area contributed by atoms with E-state index in [0.717, 1.165) is 37.3 Å². The minimum absolute atomic E-state index is 0.403. The van der Waals surface area contributed by atoms with Crippen LogP contribution in [-0.4, -0.2) is 36.5 Å². The monoisotopic (exact) mass is 236 g/mol. The zero-order chi connectivity index (χ0) is 12.0. The Bertz CT molecular complexity index is 315. The van der Waals surface area contributed by atoms with Crippen molar-refractivity contribution in [2.24, 2.45) is 23.7 Å². The van der Waals surface area contributed by atoms with Gasteiger partial charge >= 0.3 is 0 Å². The van der Waals surface area contributed by atoms with Crippen LogP contribution in [0.15, 0.2) is 0 Å². The SMILES string of the molecule is CC(C)CC(=O)N1CC2CCC1C1CNCC21. The lowest BCUT2D eigenvalue weighted by Crippen LogP contribution is -2.59. The lowest BCUT2D eigenvalue weighted by molar-refractivity contribution is -0.144. The van der Waals surface area contributed by atoms with Gasteiger partial charge in [-0.2, -0.15) is 0 Å². The minimum Gasteiger partial charge on any atom is -0.339 e. The maximum absolute atomic E-state index is 12.3. The van der Waals surface area contributed by atoms with E-state index >= 15 is 0 Å². The third kappa shape index (κ3) is 1.88. The van der Waals surface area contributed by atoms with Crippen LogP contribution in [0.25, 0.3) is 0 Å². The summed E-state index contributed by atoms with van der Waals surface area (Å²) in [5.74, 6) is 3.27. The molecule has 0 aromatic rings. The van der Waals surface area contributed by atoms with E-state index in [9.17, 15) is 4.79 Å². The summed E-state index contributed by atoms with van der Waals surface area (Å²) in [5, 5.41) is 3.53. The molecule has 1 N–H and O–H groups in total. The number of carbonyl (C=O) groups excluding carboxylic acids is 1. The fraction of sp³-hybridized carbons (Fsp3) is 0.929. The van der Waals surface area contributed by atoms with Crippen molar-refractivity contribution in [1.82, 2.24) is 10.2 Å². The largest absolute Gasteiger partial charge is 0.339 e. The molecular formula is C14H24N2O. The molecule has 3 aliphatic heterocycles. The van der Waals surface area contributed by atoms with E-state index < -0.39 is 0 Å². The highest BCUT2D eigenvalue weighted by Crippen LogP contribution is 2.45. The van der Waals surface area contributed by atoms with Crippen LogP contribution < -0.4 is 5.32 Å². The molecule has 4 atom stereocenters. The first-order valence-corrected chi connectivity index (χ1v) is 7.17. The predicted octanol–water partition coefficient (Wildman–Crippen LogP) is 1.49. The Hall–Kier alpha value is -0.570. The van der Waals surface area contributed by atoms with Gasteiger partial charge in [-0.15, -0.1) is 0 Å². The first kappa shape index (κ1) is 11.5. The van der Waals surface area contributed by atoms with Crippen LogP contribution in [0.3, 0.4) is 0 Å². The number of amides is 1. The summed E-state index contributed by atoms with van der Waals surface area (Å²) in [6.07, 6.45) is 3.32. The molecule has 96 valence electrons. The minimum atomic E-state index is 0.403. The van der Waals surface area contributed by atoms with E-state index in [1.165, 1.54) is 19.4 Å². The van der Waals surface area contributed by atoms with Gasteiger partial charge in [0.25, 0.3) is 0 Å². The smallest absolute Gasteiger partial charge is 0.223 e. The molecule has 3 nitrogen and oxygen atoms in total. The molecule has 4 aliphatic rings. The third-order valence-corrected chi connectivity index (χ3v) is 4.98. The van der Waals surface area contributed by atoms with E-state index in [-0.39, 0.29) is 0 Å². The first-order valence-electron chi connectivity index (χ1n) is 7.17. The second-order valence-electron chi connectivity index (χ2n) is 6.53. The van der Waals surface area contributed by atoms with E-state index in [1.54, 1.807) is 0 Å². The lowest BCUT2D eigenvalue weighted by atomic mass is 9.66. The van der Waals surface area contributed by atoms with Crippen LogP contribution in [0.5, 0.6) is 0 Å². The Morgan fingerprint density at radius 3 is 2.82 bits per heavy atom. The van der Waals surface area contributed by atoms with Crippen molar-refractivity contribution in [3.63, 3.8) is 0 Å². The maximum atomic E-state index is 12.3. The van der Waals surface area contributed by atoms with E-state index in [4.69, 9.17) is 0 Å². The van der Waals surface area contributed by atoms with Crippen molar-refractivity contribution in [3.05, 3.63) is 0 Å². The molecule has 1 aliphatic carbocycles. The van der Waals surface area contributed by atoms with Crippen LogP contribution in [0.1, 0.15) is 33.1 Å². The summed E-state index contributed by atoms with van der Waals surface area (Å²) < 4.78 is 0. The van der Waals surface area contributed by atoms with Crippen molar-refractivity contribution in [1.29, 1.82) is 0 Å². The molecule has 4 fully saturated rings. The Morgan fingerprint density at radius 1 is 1.29 bits per heavy atom. The van der Waals surface area contributed by atoms with E-state index in [2.05, 4.69) is 24.1 Å². The fourth-order valence-electron chi connectivity index (χ4n) is 4.22. The summed E-state index contributed by atoms with van der Waals surface area (Å²) in [6.45, 7) is 7.65. The summed E-state index contributed by atoms with van der Waals surface area (Å²) in [6, 6.07) is 0.547. The Labute approximate surface area is 104 Å². The standard InChI is InChI=1S/C14H24N2O/c1-9(2)5-14(17)16-8-10-3-4-13(16)12-7-15-6-11(10)12/h9-13,15H,3-8H2,1-2H3. The lowest BCUT2D eigenvalue weighted by Gasteiger charge is -2.52. The molecule has 4 rings (SSSR count). The first-order chi connectivity index (χ1) is 8.16. The fourth-order valence-corrected chi connectivity index (χ4v) is 4.22. The molecule has 0 aromatic heterocycles. The highest BCUT2D eigenvalue weighted by Gasteiger charge is 2.50. The van der Waals surface area contributed by atoms with E-state index in [0.29, 0.717) is 17.9 Å². The molecule has 3 heterocycles. The molecule has 4 unspecified atom stereocenters. The van der Waals surface area contributed by atoms with Gasteiger partial charge in [-0.05, 0) is 43.1 Å². The van der Waals surface area contributed by atoms with Crippen molar-refractivity contribution < 1.29 is 4.79 Å². The van der Waals surface area contributed by atoms with Crippen LogP contribution in [-0.2, 0) is 4.79 Å². The molecule has 17 heavy (non-hydrogen) atoms. The molecule has 3 saturated heterocycles. The van der Waals surface area contributed by atoms with Gasteiger partial charge in [0, 0.05) is 25.6 Å². The quantitative estimate of drug-likeness (QED) is 0.788. The molecule has 0 radical (unpaired) electrons. The van der Waals surface area contributed by atoms with Gasteiger partial charge in [0.15, 0.2) is 0 Å². The number of carbonyl (C=O) groups is 1. The van der Waals surface area contributed by atoms with Gasteiger partial charge in [-0.25, -0.2) is 0 Å². The summed E-state index contributed by atoms with van der Waals surface area (Å²) in [7, 11) is 0. The molecule has 0 aromatic carbocycles. The number of hydrogen-bond acceptors (Lipinski definition) is 2. The number of nitrogens with zero attached hydrogens (tertiary/aromatic N) is 1. The topological polar surface area (TPSA) is 32.3 Å². The Balaban J connectivity index is 1.74. The molecular weight excluding hydrogens is 212 g/mol. The van der Waals surface area contributed by atoms with Gasteiger partial charge in [-0.3, -0.25) is 4.79 Å². The zero-order valence-corrected chi connectivity index (χ0v) is 11.0. The zero-order valence-electron chi connectivity index (χ0n) is 11.0. The second kappa shape index (κ2) is 4.27. The summed E-state index contributed by atoms with van der Waals surface area (Å²) in [4.78, 5) is 14.5. The van der Waals surface area contributed by atoms with Crippen molar-refractivity contribution in [3.8, 4) is 0 Å². The van der Waals surface area contributed by atoms with Gasteiger partial charge < -0.3 is 10.2 Å². The molecule has 0 spiro atoms. The van der Waals surface area contributed by atoms with Gasteiger partial charge in [0.2, 0.25) is 5.91 Å². The van der Waals surface area contributed by atoms with Gasteiger partial charge in [0.1, 0.15) is 0 Å². The molecule has 2 bridgehead atoms. The van der Waals surface area contributed by atoms with Crippen LogP contribution in [0.2, 0.25) is 0 Å². The average Bonchev–Trinajstić information content (AvgIpc) is 2.79. The van der Waals surface area contributed by atoms with Crippen molar-refractivity contribution in [2.45, 2.75) is 39.2 Å². The second-order valence-corrected chi connectivity index (χ2v) is 6.53. The predicted molar refractivity (Wildman–Crippen MR) is 67.5 cm³/mol. The third-order valence-electron chi connectivity index (χ3n) is 4.98. The summed E-state index contributed by atoms with van der Waals surface area (Å²) in [5.41, 5.74) is 0. The summed E-state index contributed by atoms with van der Waals surface area (Å²) >= 11 is 0. The van der Waals surface area contributed by atoms with Crippen molar-refractivity contribution >= 4 is 5.91 Å². The molecule has 1 amide bonds. The Morgan fingerprint density at radius 2 is 2.06 bits per heavy atom. The highest BCUT2D eigenvalue weighted by molar-refractivity contribution is 5.77. The number of piperidine rings is 2. The van der Waals surface area contributed by atoms with E-state index in [1.807, 2.05) is 0 Å². The van der Waals surface area contributed by atoms with Gasteiger partial charge in [-0.1, -0.05) is 13.8 Å². The van der Waals surface area contributed by atoms with Crippen molar-refractivity contribution in [2.75, 3.05) is 19.6 Å². The number of nitrogens with one attached hydrogen (secondary N) is 1. The molecule has 3 heteroatoms. The number of hydrogen-bond donors (Lipinski definition) is 1. The van der Waals surface area contributed by atoms with Gasteiger partial charge in [0.05, 0.1) is 0 Å². The number of fused-ring (bicyclic) bond motifs is 2. The average molecular weight is 236 g/mol. The normalized spacial score (nSPS) is 39.8.